The number of amides is 1. The number of rotatable bonds is 1. The summed E-state index contributed by atoms with van der Waals surface area (Å²) >= 11 is 0. The van der Waals surface area contributed by atoms with Crippen molar-refractivity contribution < 1.29 is 24.2 Å². The molecule has 1 aliphatic rings. The largest absolute Gasteiger partial charge is 0.479 e. The molecule has 1 amide bonds. The number of hydrogen-bond donors (Lipinski definition) is 1. The first-order valence-electron chi connectivity index (χ1n) is 5.55. The fourth-order valence-electron chi connectivity index (χ4n) is 1.48. The molecule has 6 heteroatoms. The fraction of sp³-hybridized carbons (Fsp3) is 0.818. The van der Waals surface area contributed by atoms with Crippen LogP contribution < -0.4 is 0 Å². The molecule has 1 fully saturated rings. The Morgan fingerprint density at radius 1 is 1.41 bits per heavy atom. The van der Waals surface area contributed by atoms with E-state index in [4.69, 9.17) is 14.6 Å². The number of ether oxygens (including phenoxy) is 2. The average Bonchev–Trinajstić information content (AvgIpc) is 2.14. The minimum Gasteiger partial charge on any atom is -0.479 e. The molecule has 17 heavy (non-hydrogen) atoms. The van der Waals surface area contributed by atoms with Crippen molar-refractivity contribution in [2.75, 3.05) is 13.2 Å². The molecule has 6 nitrogen and oxygen atoms in total. The number of carbonyl (C=O) groups excluding carboxylic acids is 1. The fourth-order valence-corrected chi connectivity index (χ4v) is 1.48. The maximum absolute atomic E-state index is 11.8. The summed E-state index contributed by atoms with van der Waals surface area (Å²) in [5.41, 5.74) is -0.589. The van der Waals surface area contributed by atoms with Crippen LogP contribution in [-0.4, -0.2) is 53.0 Å². The zero-order chi connectivity index (χ0) is 13.2. The first-order valence-corrected chi connectivity index (χ1v) is 5.55. The molecule has 0 radical (unpaired) electrons. The summed E-state index contributed by atoms with van der Waals surface area (Å²) in [5, 5.41) is 8.85. The van der Waals surface area contributed by atoms with Crippen LogP contribution in [0.4, 0.5) is 4.79 Å². The first kappa shape index (κ1) is 13.8. The molecule has 1 saturated heterocycles. The molecule has 1 aliphatic heterocycles. The van der Waals surface area contributed by atoms with Gasteiger partial charge in [-0.2, -0.15) is 0 Å². The van der Waals surface area contributed by atoms with E-state index < -0.39 is 23.8 Å². The molecule has 98 valence electrons. The lowest BCUT2D eigenvalue weighted by Gasteiger charge is -2.37. The van der Waals surface area contributed by atoms with E-state index in [1.54, 1.807) is 27.7 Å². The molecular weight excluding hydrogens is 226 g/mol. The molecule has 2 atom stereocenters. The summed E-state index contributed by atoms with van der Waals surface area (Å²) in [5.74, 6) is -1.06. The molecule has 1 N–H and O–H groups in total. The number of hydrogen-bond acceptors (Lipinski definition) is 4. The van der Waals surface area contributed by atoms with Gasteiger partial charge >= 0.3 is 12.1 Å². The molecule has 0 bridgehead atoms. The molecule has 0 aromatic rings. The molecular formula is C11H19NO5. The van der Waals surface area contributed by atoms with E-state index >= 15 is 0 Å². The van der Waals surface area contributed by atoms with E-state index in [2.05, 4.69) is 0 Å². The summed E-state index contributed by atoms with van der Waals surface area (Å²) in [6, 6.07) is -0.180. The number of nitrogens with zero attached hydrogens (tertiary/aromatic N) is 1. The second kappa shape index (κ2) is 4.91. The van der Waals surface area contributed by atoms with Crippen molar-refractivity contribution in [2.45, 2.75) is 45.4 Å². The smallest absolute Gasteiger partial charge is 0.410 e. The summed E-state index contributed by atoms with van der Waals surface area (Å²) in [7, 11) is 0. The number of morpholine rings is 1. The van der Waals surface area contributed by atoms with Gasteiger partial charge in [-0.25, -0.2) is 9.59 Å². The van der Waals surface area contributed by atoms with Gasteiger partial charge in [0.2, 0.25) is 0 Å². The topological polar surface area (TPSA) is 76.1 Å². The van der Waals surface area contributed by atoms with Crippen LogP contribution in [0.2, 0.25) is 0 Å². The van der Waals surface area contributed by atoms with E-state index in [0.717, 1.165) is 0 Å². The second-order valence-corrected chi connectivity index (χ2v) is 5.14. The quantitative estimate of drug-likeness (QED) is 0.748. The van der Waals surface area contributed by atoms with Crippen molar-refractivity contribution in [3.63, 3.8) is 0 Å². The predicted molar refractivity (Wildman–Crippen MR) is 59.8 cm³/mol. The maximum atomic E-state index is 11.8. The van der Waals surface area contributed by atoms with Gasteiger partial charge in [0.05, 0.1) is 19.2 Å². The van der Waals surface area contributed by atoms with Crippen LogP contribution in [0, 0.1) is 0 Å². The molecule has 1 rings (SSSR count). The molecule has 1 heterocycles. The van der Waals surface area contributed by atoms with Crippen molar-refractivity contribution in [3.8, 4) is 0 Å². The standard InChI is InChI=1S/C11H19NO5/c1-7-6-16-8(9(13)14)5-12(7)10(15)17-11(2,3)4/h7-8H,5-6H2,1-4H3,(H,13,14)/t7-,8+/m1/s1. The van der Waals surface area contributed by atoms with Gasteiger partial charge in [0.25, 0.3) is 0 Å². The van der Waals surface area contributed by atoms with Crippen molar-refractivity contribution in [2.24, 2.45) is 0 Å². The normalized spacial score (nSPS) is 25.5. The third kappa shape index (κ3) is 3.89. The lowest BCUT2D eigenvalue weighted by Crippen LogP contribution is -2.54. The number of carbonyl (C=O) groups is 2. The van der Waals surface area contributed by atoms with Gasteiger partial charge in [-0.3, -0.25) is 4.90 Å². The Kier molecular flexibility index (Phi) is 3.98. The van der Waals surface area contributed by atoms with Crippen molar-refractivity contribution >= 4 is 12.1 Å². The number of carboxylic acids is 1. The third-order valence-electron chi connectivity index (χ3n) is 2.34. The van der Waals surface area contributed by atoms with Crippen LogP contribution in [0.1, 0.15) is 27.7 Å². The zero-order valence-corrected chi connectivity index (χ0v) is 10.6. The van der Waals surface area contributed by atoms with Gasteiger partial charge < -0.3 is 14.6 Å². The highest BCUT2D eigenvalue weighted by Crippen LogP contribution is 2.16. The Labute approximate surface area is 100 Å². The van der Waals surface area contributed by atoms with Crippen LogP contribution in [0.25, 0.3) is 0 Å². The van der Waals surface area contributed by atoms with Gasteiger partial charge in [0.15, 0.2) is 6.10 Å². The third-order valence-corrected chi connectivity index (χ3v) is 2.34. The van der Waals surface area contributed by atoms with Gasteiger partial charge in [-0.1, -0.05) is 0 Å². The number of aliphatic carboxylic acids is 1. The van der Waals surface area contributed by atoms with Crippen molar-refractivity contribution in [3.05, 3.63) is 0 Å². The highest BCUT2D eigenvalue weighted by Gasteiger charge is 2.35. The first-order chi connectivity index (χ1) is 7.70. The van der Waals surface area contributed by atoms with Crippen LogP contribution in [0.3, 0.4) is 0 Å². The number of carboxylic acid groups (broad SMARTS) is 1. The van der Waals surface area contributed by atoms with Gasteiger partial charge in [0, 0.05) is 0 Å². The van der Waals surface area contributed by atoms with Crippen LogP contribution in [0.5, 0.6) is 0 Å². The molecule has 0 aromatic carbocycles. The SMILES string of the molecule is C[C@@H]1CO[C@H](C(=O)O)CN1C(=O)OC(C)(C)C. The van der Waals surface area contributed by atoms with Crippen LogP contribution >= 0.6 is 0 Å². The zero-order valence-electron chi connectivity index (χ0n) is 10.6. The summed E-state index contributed by atoms with van der Waals surface area (Å²) < 4.78 is 10.3. The van der Waals surface area contributed by atoms with Crippen molar-refractivity contribution in [1.82, 2.24) is 4.90 Å². The van der Waals surface area contributed by atoms with E-state index in [0.29, 0.717) is 0 Å². The minimum absolute atomic E-state index is 0.0193. The summed E-state index contributed by atoms with van der Waals surface area (Å²) in [6.07, 6.45) is -1.47. The minimum atomic E-state index is -1.06. The second-order valence-electron chi connectivity index (χ2n) is 5.14. The van der Waals surface area contributed by atoms with Gasteiger partial charge in [-0.05, 0) is 27.7 Å². The predicted octanol–water partition coefficient (Wildman–Crippen LogP) is 1.10. The van der Waals surface area contributed by atoms with Crippen LogP contribution in [0.15, 0.2) is 0 Å². The van der Waals surface area contributed by atoms with E-state index in [9.17, 15) is 9.59 Å². The molecule has 0 aliphatic carbocycles. The van der Waals surface area contributed by atoms with Crippen LogP contribution in [-0.2, 0) is 14.3 Å². The Morgan fingerprint density at radius 3 is 2.47 bits per heavy atom. The average molecular weight is 245 g/mol. The summed E-state index contributed by atoms with van der Waals surface area (Å²) in [6.45, 7) is 7.32. The molecule has 0 saturated carbocycles. The van der Waals surface area contributed by atoms with E-state index in [1.807, 2.05) is 0 Å². The molecule has 0 aromatic heterocycles. The highest BCUT2D eigenvalue weighted by molar-refractivity contribution is 5.75. The van der Waals surface area contributed by atoms with Gasteiger partial charge in [-0.15, -0.1) is 0 Å². The Balaban J connectivity index is 2.67. The Morgan fingerprint density at radius 2 is 2.00 bits per heavy atom. The Bertz CT molecular complexity index is 309. The van der Waals surface area contributed by atoms with Gasteiger partial charge in [0.1, 0.15) is 5.60 Å². The van der Waals surface area contributed by atoms with E-state index in [1.165, 1.54) is 4.90 Å². The lowest BCUT2D eigenvalue weighted by molar-refractivity contribution is -0.158. The molecule has 0 spiro atoms. The highest BCUT2D eigenvalue weighted by atomic mass is 16.6. The maximum Gasteiger partial charge on any atom is 0.410 e. The van der Waals surface area contributed by atoms with Crippen molar-refractivity contribution in [1.29, 1.82) is 0 Å². The van der Waals surface area contributed by atoms with E-state index in [-0.39, 0.29) is 19.2 Å². The molecule has 0 unspecified atom stereocenters. The lowest BCUT2D eigenvalue weighted by atomic mass is 10.2. The Hall–Kier alpha value is -1.30. The monoisotopic (exact) mass is 245 g/mol. The summed E-state index contributed by atoms with van der Waals surface area (Å²) in [4.78, 5) is 24.1.